The number of H-pyrrole nitrogens is 1. The van der Waals surface area contributed by atoms with Crippen molar-refractivity contribution in [3.05, 3.63) is 107 Å². The number of phenolic OH excluding ortho intramolecular Hbond substituents is 1. The number of allylic oxidation sites excluding steroid dienone is 1. The quantitative estimate of drug-likeness (QED) is 0.0556. The van der Waals surface area contributed by atoms with Gasteiger partial charge in [-0.2, -0.15) is 0 Å². The van der Waals surface area contributed by atoms with Crippen LogP contribution in [0.3, 0.4) is 0 Å². The molecule has 27 heteroatoms. The number of nitrogens with one attached hydrogen (secondary N) is 7. The minimum atomic E-state index is -1.92. The molecule has 1 aromatic heterocycles. The van der Waals surface area contributed by atoms with Crippen LogP contribution in [0.25, 0.3) is 16.5 Å². The summed E-state index contributed by atoms with van der Waals surface area (Å²) in [7, 11) is 1.27. The molecule has 0 saturated carbocycles. The second kappa shape index (κ2) is 35.7. The van der Waals surface area contributed by atoms with E-state index in [1.165, 1.54) is 35.9 Å². The van der Waals surface area contributed by atoms with E-state index in [1.54, 1.807) is 31.3 Å². The van der Waals surface area contributed by atoms with Crippen molar-refractivity contribution in [2.75, 3.05) is 46.4 Å². The van der Waals surface area contributed by atoms with Gasteiger partial charge < -0.3 is 77.7 Å². The van der Waals surface area contributed by atoms with Crippen LogP contribution >= 0.6 is 0 Å². The van der Waals surface area contributed by atoms with Crippen molar-refractivity contribution in [3.8, 4) is 5.75 Å². The number of nitrogens with zero attached hydrogens (tertiary/aromatic N) is 3. The Morgan fingerprint density at radius 2 is 1.27 bits per heavy atom. The van der Waals surface area contributed by atoms with Gasteiger partial charge in [0.05, 0.1) is 25.4 Å². The first kappa shape index (κ1) is 76.6. The number of hydrogen-bond acceptors (Lipinski definition) is 17. The molecule has 540 valence electrons. The molecule has 8 rings (SSSR count). The van der Waals surface area contributed by atoms with Gasteiger partial charge in [-0.1, -0.05) is 87.4 Å². The van der Waals surface area contributed by atoms with Crippen LogP contribution in [-0.4, -0.2) is 212 Å². The number of ketones is 3. The largest absolute Gasteiger partial charge is 0.508 e. The smallest absolute Gasteiger partial charge is 0.255 e. The topological polar surface area (TPSA) is 409 Å². The molecule has 9 amide bonds. The van der Waals surface area contributed by atoms with Crippen molar-refractivity contribution in [3.63, 3.8) is 0 Å². The number of aromatic nitrogens is 1. The molecule has 3 fully saturated rings. The molecule has 3 saturated heterocycles. The zero-order valence-corrected chi connectivity index (χ0v) is 57.5. The van der Waals surface area contributed by atoms with E-state index in [0.717, 1.165) is 33.9 Å². The third-order valence-electron chi connectivity index (χ3n) is 20.1. The highest BCUT2D eigenvalue weighted by Crippen LogP contribution is 2.33. The average Bonchev–Trinajstić information content (AvgIpc) is 1.54. The van der Waals surface area contributed by atoms with Gasteiger partial charge in [0.2, 0.25) is 41.4 Å². The van der Waals surface area contributed by atoms with Crippen molar-refractivity contribution in [1.82, 2.24) is 51.6 Å². The van der Waals surface area contributed by atoms with Gasteiger partial charge in [-0.3, -0.25) is 57.5 Å². The first-order chi connectivity index (χ1) is 47.9. The fraction of sp³-hybridized carbons (Fsp3) is 0.534. The molecule has 0 unspecified atom stereocenters. The van der Waals surface area contributed by atoms with Gasteiger partial charge >= 0.3 is 0 Å². The Bertz CT molecular complexity index is 3660. The molecular weight excluding hydrogens is 1290 g/mol. The van der Waals surface area contributed by atoms with Crippen LogP contribution in [0.2, 0.25) is 0 Å². The summed E-state index contributed by atoms with van der Waals surface area (Å²) >= 11 is 0. The van der Waals surface area contributed by atoms with Crippen LogP contribution < -0.4 is 37.6 Å². The number of aromatic hydroxyl groups is 1. The number of hydrogen-bond donors (Lipinski definition) is 12. The number of Topliss-reactive ketones (excluding diaryl/α,β-unsaturated/α-hetero) is 3. The minimum absolute atomic E-state index is 0.00725. The number of amides is 9. The molecule has 4 heterocycles. The van der Waals surface area contributed by atoms with Crippen LogP contribution in [0.15, 0.2) is 85.1 Å². The summed E-state index contributed by atoms with van der Waals surface area (Å²) in [6, 6.07) is 7.42. The van der Waals surface area contributed by atoms with Crippen LogP contribution in [0.4, 0.5) is 0 Å². The summed E-state index contributed by atoms with van der Waals surface area (Å²) in [6.45, 7) is 4.75. The number of carbonyl (C=O) groups is 12. The second-order valence-electron chi connectivity index (χ2n) is 27.0. The summed E-state index contributed by atoms with van der Waals surface area (Å²) in [6.07, 6.45) is 3.57. The van der Waals surface area contributed by atoms with E-state index in [1.807, 2.05) is 55.5 Å². The molecule has 100 heavy (non-hydrogen) atoms. The number of fused-ring (bicyclic) bond motifs is 3. The van der Waals surface area contributed by atoms with Crippen molar-refractivity contribution >= 4 is 87.0 Å². The summed E-state index contributed by atoms with van der Waals surface area (Å²) in [5.74, 6) is -14.1. The lowest BCUT2D eigenvalue weighted by Gasteiger charge is -2.34. The number of phenols is 1. The van der Waals surface area contributed by atoms with Gasteiger partial charge in [-0.15, -0.1) is 0 Å². The molecule has 13 N–H and O–H groups in total. The maximum atomic E-state index is 15.4. The molecular formula is C73H97N11O16. The highest BCUT2D eigenvalue weighted by molar-refractivity contribution is 6.09. The molecule has 0 bridgehead atoms. The number of nitrogens with two attached hydrogens (primary N) is 1. The Hall–Kier alpha value is -9.18. The van der Waals surface area contributed by atoms with Crippen molar-refractivity contribution in [2.45, 2.75) is 178 Å². The Balaban J connectivity index is 1.19. The van der Waals surface area contributed by atoms with E-state index in [0.29, 0.717) is 55.2 Å². The van der Waals surface area contributed by atoms with E-state index in [-0.39, 0.29) is 76.9 Å². The van der Waals surface area contributed by atoms with Crippen molar-refractivity contribution in [1.29, 1.82) is 0 Å². The zero-order chi connectivity index (χ0) is 72.5. The van der Waals surface area contributed by atoms with Crippen molar-refractivity contribution < 1.29 is 78.0 Å². The monoisotopic (exact) mass is 1380 g/mol. The normalized spacial score (nSPS) is 26.4. The number of para-hydroxylation sites is 1. The number of rotatable bonds is 16. The number of aromatic amines is 1. The van der Waals surface area contributed by atoms with Crippen LogP contribution in [0, 0.1) is 23.7 Å². The van der Waals surface area contributed by atoms with E-state index < -0.39 is 175 Å². The predicted octanol–water partition coefficient (Wildman–Crippen LogP) is 1.34. The fourth-order valence-corrected chi connectivity index (χ4v) is 13.7. The van der Waals surface area contributed by atoms with Gasteiger partial charge in [0.1, 0.15) is 53.6 Å². The molecule has 13 atom stereocenters. The third-order valence-corrected chi connectivity index (χ3v) is 20.1. The highest BCUT2D eigenvalue weighted by atomic mass is 16.3. The molecule has 3 aliphatic heterocycles. The summed E-state index contributed by atoms with van der Waals surface area (Å²) in [5, 5.41) is 58.4. The Kier molecular flexibility index (Phi) is 27.4. The lowest BCUT2D eigenvalue weighted by Crippen LogP contribution is -2.62. The highest BCUT2D eigenvalue weighted by Gasteiger charge is 2.45. The maximum absolute atomic E-state index is 15.4. The first-order valence-electron chi connectivity index (χ1n) is 34.8. The standard InChI is InChI=1S/C73H97N11O16/c1-6-41(2)53-37-60(89)47(17-11-12-28-74)35-62(91)55(32-44-22-26-50(88)27-23-44)76-66(93)56(34-46-25-24-45-16-7-8-18-51(45)46)77-67(94)57(39-85)78-68(95)58(40-86)79-70(97)63(43(4)87)80-69(96)59-21-15-31-84(59)71(98)42(3)82(5)72(99)64(73(100)83-29-13-14-30-83)81-65(92)48(36-61(53)90)33-49-38-75-54-20-10-9-19-52(49)54/h7-10,16,18-20,22-23,25-27,38,41-43,47-48,53,55-59,63-64,75,85-88H,6,11-15,17,21,24,28-37,39-40,74H2,1-5H3,(H,76,93)(H,77,94)(H,78,95)(H,79,97)(H,80,96)(H,81,92)/t41-,42+,43+,47+,48+,53-,55-,56-,57-,58-,59-,63-,64-/m0/s1. The summed E-state index contributed by atoms with van der Waals surface area (Å²) < 4.78 is 0. The lowest BCUT2D eigenvalue weighted by atomic mass is 9.77. The maximum Gasteiger partial charge on any atom is 0.255 e. The molecule has 3 aromatic carbocycles. The first-order valence-corrected chi connectivity index (χ1v) is 34.8. The molecule has 27 nitrogen and oxygen atoms in total. The van der Waals surface area contributed by atoms with Crippen LogP contribution in [0.5, 0.6) is 5.75 Å². The molecule has 4 aromatic rings. The SMILES string of the molecule is CC[C@H](C)[C@@H]1CC(=O)[C@H](CCCCN)CC(=O)[C@H](Cc2ccc(O)cc2)NC(=O)[C@H](CC2=CCc3ccccc32)NC(=O)[C@H](CO)NC(=O)[C@H](CO)NC(=O)[C@H]([C@@H](C)O)NC(=O)[C@@H]2CCCN2C(=O)[C@@H](C)N(C)C(=O)[C@@H](C(=O)N2CCCC2)NC(=O)[C@H](Cc2c[nH]c3ccccc23)CC1=O. The molecule has 0 spiro atoms. The number of benzene rings is 3. The summed E-state index contributed by atoms with van der Waals surface area (Å²) in [5.41, 5.74) is 10.1. The number of aliphatic hydroxyl groups is 3. The number of likely N-dealkylation sites (tertiary alicyclic amines) is 1. The van der Waals surface area contributed by atoms with Crippen LogP contribution in [0.1, 0.15) is 127 Å². The number of carbonyl (C=O) groups excluding carboxylic acids is 12. The third kappa shape index (κ3) is 19.2. The molecule has 0 radical (unpaired) electrons. The lowest BCUT2D eigenvalue weighted by molar-refractivity contribution is -0.152. The minimum Gasteiger partial charge on any atom is -0.508 e. The van der Waals surface area contributed by atoms with E-state index in [4.69, 9.17) is 5.73 Å². The van der Waals surface area contributed by atoms with E-state index >= 15 is 28.8 Å². The molecule has 1 aliphatic carbocycles. The van der Waals surface area contributed by atoms with Crippen molar-refractivity contribution in [2.24, 2.45) is 29.4 Å². The Labute approximate surface area is 581 Å². The van der Waals surface area contributed by atoms with Gasteiger partial charge in [0, 0.05) is 87.2 Å². The number of unbranched alkanes of at least 4 members (excludes halogenated alkanes) is 1. The van der Waals surface area contributed by atoms with E-state index in [9.17, 15) is 49.2 Å². The van der Waals surface area contributed by atoms with Gasteiger partial charge in [0.25, 0.3) is 11.8 Å². The molecule has 4 aliphatic rings. The number of likely N-dealkylation sites (N-methyl/N-ethyl adjacent to an activating group) is 1. The van der Waals surface area contributed by atoms with Gasteiger partial charge in [-0.25, -0.2) is 0 Å². The summed E-state index contributed by atoms with van der Waals surface area (Å²) in [4.78, 5) is 184. The zero-order valence-electron chi connectivity index (χ0n) is 57.5. The second-order valence-corrected chi connectivity index (χ2v) is 27.0. The van der Waals surface area contributed by atoms with Crippen LogP contribution in [-0.2, 0) is 76.8 Å². The predicted molar refractivity (Wildman–Crippen MR) is 368 cm³/mol. The Morgan fingerprint density at radius 3 is 1.94 bits per heavy atom. The van der Waals surface area contributed by atoms with Gasteiger partial charge in [-0.05, 0) is 130 Å². The Morgan fingerprint density at radius 1 is 0.640 bits per heavy atom. The fourth-order valence-electron chi connectivity index (χ4n) is 13.7. The van der Waals surface area contributed by atoms with Gasteiger partial charge in [0.15, 0.2) is 11.8 Å². The number of aliphatic hydroxyl groups excluding tert-OH is 3. The van der Waals surface area contributed by atoms with E-state index in [2.05, 4.69) is 36.9 Å². The average molecular weight is 1380 g/mol.